The van der Waals surface area contributed by atoms with Crippen LogP contribution >= 0.6 is 0 Å². The zero-order valence-electron chi connectivity index (χ0n) is 10.7. The highest BCUT2D eigenvalue weighted by Gasteiger charge is 2.36. The van der Waals surface area contributed by atoms with Crippen LogP contribution in [-0.2, 0) is 11.0 Å². The molecule has 1 fully saturated rings. The van der Waals surface area contributed by atoms with Crippen molar-refractivity contribution < 1.29 is 18.0 Å². The van der Waals surface area contributed by atoms with Crippen molar-refractivity contribution in [1.82, 2.24) is 4.98 Å². The Morgan fingerprint density at radius 2 is 2.05 bits per heavy atom. The Balaban J connectivity index is 2.28. The molecule has 1 saturated heterocycles. The third kappa shape index (κ3) is 2.72. The predicted octanol–water partition coefficient (Wildman–Crippen LogP) is 3.25. The molecule has 0 aliphatic carbocycles. The number of carbonyl (C=O) groups excluding carboxylic acids is 1. The normalized spacial score (nSPS) is 20.4. The minimum atomic E-state index is -4.40. The molecule has 2 rings (SSSR count). The highest BCUT2D eigenvalue weighted by molar-refractivity contribution is 5.95. The molecule has 0 N–H and O–H groups in total. The van der Waals surface area contributed by atoms with Crippen molar-refractivity contribution in [3.8, 4) is 0 Å². The fraction of sp³-hybridized carbons (Fsp3) is 0.538. The van der Waals surface area contributed by atoms with Crippen LogP contribution in [0.4, 0.5) is 19.0 Å². The number of aromatic nitrogens is 1. The molecule has 1 amide bonds. The van der Waals surface area contributed by atoms with Crippen molar-refractivity contribution in [1.29, 1.82) is 0 Å². The number of anilines is 1. The van der Waals surface area contributed by atoms with Crippen LogP contribution < -0.4 is 4.90 Å². The lowest BCUT2D eigenvalue weighted by molar-refractivity contribution is -0.137. The predicted molar refractivity (Wildman–Crippen MR) is 64.6 cm³/mol. The summed E-state index contributed by atoms with van der Waals surface area (Å²) in [6, 6.07) is 2.24. The van der Waals surface area contributed by atoms with Crippen molar-refractivity contribution in [3.63, 3.8) is 0 Å². The molecule has 0 bridgehead atoms. The molecule has 0 radical (unpaired) electrons. The van der Waals surface area contributed by atoms with Crippen LogP contribution in [0.1, 0.15) is 32.3 Å². The second kappa shape index (κ2) is 4.83. The fourth-order valence-electron chi connectivity index (χ4n) is 2.33. The summed E-state index contributed by atoms with van der Waals surface area (Å²) < 4.78 is 37.4. The molecule has 0 aromatic carbocycles. The maximum Gasteiger partial charge on any atom is 0.417 e. The van der Waals surface area contributed by atoms with Crippen molar-refractivity contribution in [2.75, 3.05) is 4.90 Å². The number of alkyl halides is 3. The van der Waals surface area contributed by atoms with Crippen molar-refractivity contribution in [2.45, 2.75) is 38.9 Å². The Morgan fingerprint density at radius 1 is 1.37 bits per heavy atom. The van der Waals surface area contributed by atoms with E-state index >= 15 is 0 Å². The minimum absolute atomic E-state index is 0.0109. The van der Waals surface area contributed by atoms with Gasteiger partial charge in [-0.15, -0.1) is 0 Å². The topological polar surface area (TPSA) is 33.2 Å². The lowest BCUT2D eigenvalue weighted by Crippen LogP contribution is -2.37. The van der Waals surface area contributed by atoms with Gasteiger partial charge in [-0.1, -0.05) is 13.8 Å². The van der Waals surface area contributed by atoms with Crippen molar-refractivity contribution >= 4 is 11.7 Å². The summed E-state index contributed by atoms with van der Waals surface area (Å²) in [5, 5.41) is 0. The molecule has 0 spiro atoms. The molecule has 1 unspecified atom stereocenters. The van der Waals surface area contributed by atoms with E-state index in [0.717, 1.165) is 18.7 Å². The standard InChI is InChI=1S/C13H15F3N2O/c1-8(2)10-4-6-12(19)18(10)11-5-3-9(7-17-11)13(14,15)16/h3,5,7-8,10H,4,6H2,1-2H3. The first kappa shape index (κ1) is 13.8. The number of rotatable bonds is 2. The van der Waals surface area contributed by atoms with E-state index in [-0.39, 0.29) is 17.9 Å². The maximum absolute atomic E-state index is 12.5. The van der Waals surface area contributed by atoms with E-state index in [9.17, 15) is 18.0 Å². The van der Waals surface area contributed by atoms with Crippen LogP contribution in [0.2, 0.25) is 0 Å². The number of halogens is 3. The summed E-state index contributed by atoms with van der Waals surface area (Å²) in [6.45, 7) is 3.97. The van der Waals surface area contributed by atoms with Crippen LogP contribution in [0.3, 0.4) is 0 Å². The lowest BCUT2D eigenvalue weighted by Gasteiger charge is -2.27. The quantitative estimate of drug-likeness (QED) is 0.828. The Morgan fingerprint density at radius 3 is 2.53 bits per heavy atom. The molecule has 1 atom stereocenters. The number of amides is 1. The zero-order valence-corrected chi connectivity index (χ0v) is 10.7. The minimum Gasteiger partial charge on any atom is -0.293 e. The first-order valence-corrected chi connectivity index (χ1v) is 6.16. The number of carbonyl (C=O) groups is 1. The summed E-state index contributed by atoms with van der Waals surface area (Å²) in [5.74, 6) is 0.468. The second-order valence-corrected chi connectivity index (χ2v) is 5.02. The largest absolute Gasteiger partial charge is 0.417 e. The summed E-state index contributed by atoms with van der Waals surface area (Å²) in [6.07, 6.45) is -2.49. The first-order valence-electron chi connectivity index (χ1n) is 6.16. The monoisotopic (exact) mass is 272 g/mol. The molecule has 1 aliphatic heterocycles. The molecule has 1 aromatic rings. The summed E-state index contributed by atoms with van der Waals surface area (Å²) >= 11 is 0. The second-order valence-electron chi connectivity index (χ2n) is 5.02. The SMILES string of the molecule is CC(C)C1CCC(=O)N1c1ccc(C(F)(F)F)cn1. The highest BCUT2D eigenvalue weighted by Crippen LogP contribution is 2.32. The van der Waals surface area contributed by atoms with Gasteiger partial charge in [-0.05, 0) is 24.5 Å². The summed E-state index contributed by atoms with van der Waals surface area (Å²) in [5.41, 5.74) is -0.802. The Hall–Kier alpha value is -1.59. The van der Waals surface area contributed by atoms with Crippen LogP contribution in [-0.4, -0.2) is 16.9 Å². The Kier molecular flexibility index (Phi) is 3.52. The molecular weight excluding hydrogens is 257 g/mol. The molecule has 104 valence electrons. The molecule has 0 saturated carbocycles. The number of pyridine rings is 1. The first-order chi connectivity index (χ1) is 8.80. The van der Waals surface area contributed by atoms with Crippen LogP contribution in [0.5, 0.6) is 0 Å². The van der Waals surface area contributed by atoms with E-state index in [2.05, 4.69) is 4.98 Å². The van der Waals surface area contributed by atoms with Gasteiger partial charge in [0.05, 0.1) is 5.56 Å². The van der Waals surface area contributed by atoms with Gasteiger partial charge >= 0.3 is 6.18 Å². The van der Waals surface area contributed by atoms with Gasteiger partial charge < -0.3 is 0 Å². The van der Waals surface area contributed by atoms with E-state index in [1.807, 2.05) is 13.8 Å². The van der Waals surface area contributed by atoms with E-state index in [0.29, 0.717) is 12.2 Å². The third-order valence-electron chi connectivity index (χ3n) is 3.35. The summed E-state index contributed by atoms with van der Waals surface area (Å²) in [4.78, 5) is 17.1. The van der Waals surface area contributed by atoms with Gasteiger partial charge in [0.15, 0.2) is 0 Å². The van der Waals surface area contributed by atoms with E-state index < -0.39 is 11.7 Å². The van der Waals surface area contributed by atoms with Gasteiger partial charge in [-0.2, -0.15) is 13.2 Å². The van der Waals surface area contributed by atoms with Gasteiger partial charge in [0.25, 0.3) is 0 Å². The maximum atomic E-state index is 12.5. The van der Waals surface area contributed by atoms with Gasteiger partial charge in [0, 0.05) is 18.7 Å². The summed E-state index contributed by atoms with van der Waals surface area (Å²) in [7, 11) is 0. The van der Waals surface area contributed by atoms with Gasteiger partial charge in [-0.25, -0.2) is 4.98 Å². The van der Waals surface area contributed by atoms with Gasteiger partial charge in [-0.3, -0.25) is 9.69 Å². The van der Waals surface area contributed by atoms with E-state index in [1.54, 1.807) is 0 Å². The van der Waals surface area contributed by atoms with E-state index in [1.165, 1.54) is 11.0 Å². The van der Waals surface area contributed by atoms with Gasteiger partial charge in [0.2, 0.25) is 5.91 Å². The average molecular weight is 272 g/mol. The average Bonchev–Trinajstić information content (AvgIpc) is 2.70. The molecule has 1 aliphatic rings. The third-order valence-corrected chi connectivity index (χ3v) is 3.35. The fourth-order valence-corrected chi connectivity index (χ4v) is 2.33. The lowest BCUT2D eigenvalue weighted by atomic mass is 10.0. The Bertz CT molecular complexity index is 468. The van der Waals surface area contributed by atoms with Crippen LogP contribution in [0.25, 0.3) is 0 Å². The van der Waals surface area contributed by atoms with Crippen LogP contribution in [0, 0.1) is 5.92 Å². The number of hydrogen-bond donors (Lipinski definition) is 0. The molecule has 3 nitrogen and oxygen atoms in total. The van der Waals surface area contributed by atoms with Crippen LogP contribution in [0.15, 0.2) is 18.3 Å². The smallest absolute Gasteiger partial charge is 0.293 e. The molecule has 2 heterocycles. The van der Waals surface area contributed by atoms with Gasteiger partial charge in [0.1, 0.15) is 5.82 Å². The molecule has 19 heavy (non-hydrogen) atoms. The molecule has 6 heteroatoms. The number of nitrogens with zero attached hydrogens (tertiary/aromatic N) is 2. The highest BCUT2D eigenvalue weighted by atomic mass is 19.4. The number of hydrogen-bond acceptors (Lipinski definition) is 2. The van der Waals surface area contributed by atoms with Crippen molar-refractivity contribution in [3.05, 3.63) is 23.9 Å². The zero-order chi connectivity index (χ0) is 14.2. The molecular formula is C13H15F3N2O. The van der Waals surface area contributed by atoms with E-state index in [4.69, 9.17) is 0 Å². The van der Waals surface area contributed by atoms with Crippen molar-refractivity contribution in [2.24, 2.45) is 5.92 Å². The molecule has 1 aromatic heterocycles. The Labute approximate surface area is 109 Å².